The molecule has 0 aliphatic carbocycles. The molecule has 2 heterocycles. The lowest BCUT2D eigenvalue weighted by Gasteiger charge is -2.13. The number of nitrogens with one attached hydrogen (secondary N) is 1. The summed E-state index contributed by atoms with van der Waals surface area (Å²) in [6.45, 7) is 0.269. The van der Waals surface area contributed by atoms with Crippen molar-refractivity contribution in [3.8, 4) is 17.0 Å². The Hall–Kier alpha value is -3.81. The van der Waals surface area contributed by atoms with Gasteiger partial charge in [-0.3, -0.25) is 9.78 Å². The predicted octanol–water partition coefficient (Wildman–Crippen LogP) is 3.48. The Kier molecular flexibility index (Phi) is 6.11. The van der Waals surface area contributed by atoms with Gasteiger partial charge in [-0.25, -0.2) is 13.6 Å². The third-order valence-electron chi connectivity index (χ3n) is 5.16. The van der Waals surface area contributed by atoms with Crippen LogP contribution in [0.5, 0.6) is 5.75 Å². The average Bonchev–Trinajstić information content (AvgIpc) is 3.23. The topological polar surface area (TPSA) is 77.5 Å². The molecule has 1 amide bonds. The standard InChI is InChI=1S/C24H20F2N2O4/c1-31-24(30)16-6-8-21(27-12-16)18-4-2-3-15-11-17(32-23(15)18)13-28-22(29)10-14-5-7-19(25)20(26)9-14/h2-9,12,17H,10-11,13H2,1H3,(H,28,29)/t17-/m1/s1. The van der Waals surface area contributed by atoms with Gasteiger partial charge in [0.1, 0.15) is 11.9 Å². The number of carbonyl (C=O) groups excluding carboxylic acids is 2. The number of benzene rings is 2. The van der Waals surface area contributed by atoms with Gasteiger partial charge >= 0.3 is 5.97 Å². The van der Waals surface area contributed by atoms with Crippen molar-refractivity contribution >= 4 is 11.9 Å². The number of ether oxygens (including phenoxy) is 2. The highest BCUT2D eigenvalue weighted by Gasteiger charge is 2.26. The van der Waals surface area contributed by atoms with E-state index in [1.165, 1.54) is 19.4 Å². The first-order valence-electron chi connectivity index (χ1n) is 9.98. The van der Waals surface area contributed by atoms with Crippen LogP contribution in [0.15, 0.2) is 54.7 Å². The van der Waals surface area contributed by atoms with Crippen molar-refractivity contribution in [2.24, 2.45) is 0 Å². The van der Waals surface area contributed by atoms with Crippen LogP contribution in [0.3, 0.4) is 0 Å². The van der Waals surface area contributed by atoms with Crippen molar-refractivity contribution in [3.63, 3.8) is 0 Å². The molecule has 3 aromatic rings. The van der Waals surface area contributed by atoms with E-state index in [4.69, 9.17) is 9.47 Å². The molecule has 4 rings (SSSR count). The highest BCUT2D eigenvalue weighted by molar-refractivity contribution is 5.89. The van der Waals surface area contributed by atoms with Gasteiger partial charge in [-0.1, -0.05) is 18.2 Å². The zero-order chi connectivity index (χ0) is 22.7. The zero-order valence-electron chi connectivity index (χ0n) is 17.2. The van der Waals surface area contributed by atoms with Crippen LogP contribution in [-0.4, -0.2) is 36.6 Å². The summed E-state index contributed by atoms with van der Waals surface area (Å²) in [6.07, 6.45) is 1.73. The first-order chi connectivity index (χ1) is 15.4. The fourth-order valence-corrected chi connectivity index (χ4v) is 3.57. The molecule has 2 aromatic carbocycles. The summed E-state index contributed by atoms with van der Waals surface area (Å²) in [5.74, 6) is -2.01. The van der Waals surface area contributed by atoms with E-state index in [1.54, 1.807) is 12.1 Å². The second kappa shape index (κ2) is 9.13. The van der Waals surface area contributed by atoms with E-state index in [0.717, 1.165) is 23.3 Å². The molecule has 8 heteroatoms. The molecule has 32 heavy (non-hydrogen) atoms. The summed E-state index contributed by atoms with van der Waals surface area (Å²) in [5.41, 5.74) is 3.17. The lowest BCUT2D eigenvalue weighted by atomic mass is 10.0. The van der Waals surface area contributed by atoms with Gasteiger partial charge in [-0.2, -0.15) is 0 Å². The fourth-order valence-electron chi connectivity index (χ4n) is 3.57. The fraction of sp³-hybridized carbons (Fsp3) is 0.208. The highest BCUT2D eigenvalue weighted by Crippen LogP contribution is 2.38. The Morgan fingerprint density at radius 3 is 2.72 bits per heavy atom. The van der Waals surface area contributed by atoms with E-state index in [-0.39, 0.29) is 25.0 Å². The highest BCUT2D eigenvalue weighted by atomic mass is 19.2. The molecular formula is C24H20F2N2O4. The smallest absolute Gasteiger partial charge is 0.339 e. The van der Waals surface area contributed by atoms with E-state index in [2.05, 4.69) is 10.3 Å². The monoisotopic (exact) mass is 438 g/mol. The molecule has 1 aliphatic rings. The molecule has 0 spiro atoms. The van der Waals surface area contributed by atoms with E-state index in [0.29, 0.717) is 29.0 Å². The summed E-state index contributed by atoms with van der Waals surface area (Å²) >= 11 is 0. The van der Waals surface area contributed by atoms with Crippen molar-refractivity contribution in [2.75, 3.05) is 13.7 Å². The van der Waals surface area contributed by atoms with Gasteiger partial charge in [0.2, 0.25) is 5.91 Å². The first kappa shape index (κ1) is 21.4. The molecule has 1 aliphatic heterocycles. The molecule has 1 atom stereocenters. The van der Waals surface area contributed by atoms with Crippen LogP contribution in [0, 0.1) is 11.6 Å². The van der Waals surface area contributed by atoms with Crippen molar-refractivity contribution in [3.05, 3.63) is 83.1 Å². The first-order valence-corrected chi connectivity index (χ1v) is 9.98. The number of pyridine rings is 1. The number of fused-ring (bicyclic) bond motifs is 1. The second-order valence-electron chi connectivity index (χ2n) is 7.39. The summed E-state index contributed by atoms with van der Waals surface area (Å²) in [6, 6.07) is 12.5. The van der Waals surface area contributed by atoms with Gasteiger partial charge in [0.05, 0.1) is 31.3 Å². The number of aromatic nitrogens is 1. The van der Waals surface area contributed by atoms with Gasteiger partial charge in [-0.05, 0) is 41.5 Å². The minimum Gasteiger partial charge on any atom is -0.487 e. The number of carbonyl (C=O) groups is 2. The maximum Gasteiger partial charge on any atom is 0.339 e. The molecule has 0 saturated carbocycles. The molecule has 0 radical (unpaired) electrons. The van der Waals surface area contributed by atoms with Crippen molar-refractivity contribution in [1.29, 1.82) is 0 Å². The number of methoxy groups -OCH3 is 1. The average molecular weight is 438 g/mol. The van der Waals surface area contributed by atoms with Crippen LogP contribution in [0.1, 0.15) is 21.5 Å². The van der Waals surface area contributed by atoms with Gasteiger partial charge in [-0.15, -0.1) is 0 Å². The van der Waals surface area contributed by atoms with Crippen LogP contribution in [0.4, 0.5) is 8.78 Å². The number of hydrogen-bond donors (Lipinski definition) is 1. The molecule has 0 unspecified atom stereocenters. The van der Waals surface area contributed by atoms with Crippen LogP contribution in [0.2, 0.25) is 0 Å². The Labute approximate surface area is 183 Å². The SMILES string of the molecule is COC(=O)c1ccc(-c2cccc3c2O[C@@H](CNC(=O)Cc2ccc(F)c(F)c2)C3)nc1. The molecule has 164 valence electrons. The Morgan fingerprint density at radius 1 is 1.16 bits per heavy atom. The van der Waals surface area contributed by atoms with Gasteiger partial charge in [0.25, 0.3) is 0 Å². The quantitative estimate of drug-likeness (QED) is 0.597. The van der Waals surface area contributed by atoms with Crippen molar-refractivity contribution in [1.82, 2.24) is 10.3 Å². The Bertz CT molecular complexity index is 1170. The van der Waals surface area contributed by atoms with Crippen molar-refractivity contribution in [2.45, 2.75) is 18.9 Å². The largest absolute Gasteiger partial charge is 0.487 e. The normalized spacial score (nSPS) is 14.4. The van der Waals surface area contributed by atoms with Gasteiger partial charge < -0.3 is 14.8 Å². The minimum absolute atomic E-state index is 0.0570. The number of para-hydroxylation sites is 1. The van der Waals surface area contributed by atoms with Gasteiger partial charge in [0, 0.05) is 18.2 Å². The summed E-state index contributed by atoms with van der Waals surface area (Å²) in [7, 11) is 1.31. The van der Waals surface area contributed by atoms with Crippen LogP contribution in [0.25, 0.3) is 11.3 Å². The van der Waals surface area contributed by atoms with Gasteiger partial charge in [0.15, 0.2) is 11.6 Å². The van der Waals surface area contributed by atoms with E-state index in [9.17, 15) is 18.4 Å². The third-order valence-corrected chi connectivity index (χ3v) is 5.16. The minimum atomic E-state index is -0.981. The summed E-state index contributed by atoms with van der Waals surface area (Å²) < 4.78 is 37.1. The Balaban J connectivity index is 1.39. The molecule has 1 N–H and O–H groups in total. The van der Waals surface area contributed by atoms with Crippen LogP contribution in [-0.2, 0) is 22.4 Å². The predicted molar refractivity (Wildman–Crippen MR) is 112 cm³/mol. The molecule has 0 bridgehead atoms. The number of halogens is 2. The van der Waals surface area contributed by atoms with Crippen LogP contribution < -0.4 is 10.1 Å². The lowest BCUT2D eigenvalue weighted by molar-refractivity contribution is -0.120. The molecule has 0 saturated heterocycles. The van der Waals surface area contributed by atoms with Crippen molar-refractivity contribution < 1.29 is 27.8 Å². The zero-order valence-corrected chi connectivity index (χ0v) is 17.2. The second-order valence-corrected chi connectivity index (χ2v) is 7.39. The Morgan fingerprint density at radius 2 is 2.00 bits per heavy atom. The molecule has 0 fully saturated rings. The molecular weight excluding hydrogens is 418 g/mol. The number of amides is 1. The maximum atomic E-state index is 13.3. The lowest BCUT2D eigenvalue weighted by Crippen LogP contribution is -2.35. The van der Waals surface area contributed by atoms with E-state index >= 15 is 0 Å². The summed E-state index contributed by atoms with van der Waals surface area (Å²) in [4.78, 5) is 28.2. The van der Waals surface area contributed by atoms with Crippen LogP contribution >= 0.6 is 0 Å². The number of esters is 1. The van der Waals surface area contributed by atoms with E-state index < -0.39 is 17.6 Å². The number of hydrogen-bond acceptors (Lipinski definition) is 5. The number of rotatable bonds is 6. The third kappa shape index (κ3) is 4.59. The number of nitrogens with zero attached hydrogens (tertiary/aromatic N) is 1. The maximum absolute atomic E-state index is 13.3. The molecule has 6 nitrogen and oxygen atoms in total. The van der Waals surface area contributed by atoms with E-state index in [1.807, 2.05) is 18.2 Å². The molecule has 1 aromatic heterocycles. The summed E-state index contributed by atoms with van der Waals surface area (Å²) in [5, 5.41) is 2.78.